The number of aliphatic hydroxyl groups excluding tert-OH is 3. The maximum Gasteiger partial charge on any atom is 0.114 e. The highest BCUT2D eigenvalue weighted by atomic mass is 16.5. The zero-order chi connectivity index (χ0) is 21.2. The Kier molecular flexibility index (Phi) is 16.8. The first-order valence-electron chi connectivity index (χ1n) is 12.0. The number of hydrogen-bond acceptors (Lipinski definition) is 5. The smallest absolute Gasteiger partial charge is 0.114 e. The Hall–Kier alpha value is -0.460. The highest BCUT2D eigenvalue weighted by Crippen LogP contribution is 2.18. The van der Waals surface area contributed by atoms with Gasteiger partial charge in [0.05, 0.1) is 13.2 Å². The van der Waals surface area contributed by atoms with Gasteiger partial charge in [-0.2, -0.15) is 0 Å². The Morgan fingerprint density at radius 1 is 0.862 bits per heavy atom. The van der Waals surface area contributed by atoms with Crippen LogP contribution in [0.4, 0.5) is 0 Å². The summed E-state index contributed by atoms with van der Waals surface area (Å²) in [6, 6.07) is 0. The summed E-state index contributed by atoms with van der Waals surface area (Å²) in [5.41, 5.74) is 0. The summed E-state index contributed by atoms with van der Waals surface area (Å²) in [7, 11) is 0. The lowest BCUT2D eigenvalue weighted by atomic mass is 10.1. The molecule has 1 rings (SSSR count). The largest absolute Gasteiger partial charge is 0.388 e. The molecule has 0 aromatic carbocycles. The maximum absolute atomic E-state index is 9.95. The van der Waals surface area contributed by atoms with Gasteiger partial charge in [-0.05, 0) is 32.1 Å². The number of unbranched alkanes of at least 4 members (excludes halogenated alkanes) is 12. The molecule has 29 heavy (non-hydrogen) atoms. The summed E-state index contributed by atoms with van der Waals surface area (Å²) in [5, 5.41) is 29.0. The zero-order valence-electron chi connectivity index (χ0n) is 18.6. The SMILES string of the molecule is CCCCCCC/C=C/CCCCCCCCCOC[C@@H](O)[C@@H]1OC[C@H](O)[C@@H]1O. The molecule has 0 radical (unpaired) electrons. The van der Waals surface area contributed by atoms with E-state index in [1.54, 1.807) is 0 Å². The van der Waals surface area contributed by atoms with E-state index in [4.69, 9.17) is 9.47 Å². The van der Waals surface area contributed by atoms with Gasteiger partial charge < -0.3 is 24.8 Å². The van der Waals surface area contributed by atoms with Crippen molar-refractivity contribution in [2.24, 2.45) is 0 Å². The molecule has 4 atom stereocenters. The summed E-state index contributed by atoms with van der Waals surface area (Å²) in [6.45, 7) is 3.08. The van der Waals surface area contributed by atoms with Crippen LogP contribution in [0.5, 0.6) is 0 Å². The van der Waals surface area contributed by atoms with Crippen LogP contribution in [0.3, 0.4) is 0 Å². The molecular formula is C24H46O5. The lowest BCUT2D eigenvalue weighted by Gasteiger charge is -2.20. The normalized spacial score (nSPS) is 23.2. The van der Waals surface area contributed by atoms with Gasteiger partial charge in [0.2, 0.25) is 0 Å². The number of hydrogen-bond donors (Lipinski definition) is 3. The predicted molar refractivity (Wildman–Crippen MR) is 118 cm³/mol. The van der Waals surface area contributed by atoms with Gasteiger partial charge in [0, 0.05) is 6.61 Å². The van der Waals surface area contributed by atoms with Crippen LogP contribution in [0.1, 0.15) is 96.8 Å². The molecule has 0 unspecified atom stereocenters. The van der Waals surface area contributed by atoms with E-state index in [9.17, 15) is 15.3 Å². The van der Waals surface area contributed by atoms with Crippen molar-refractivity contribution in [2.75, 3.05) is 19.8 Å². The van der Waals surface area contributed by atoms with Crippen molar-refractivity contribution in [3.63, 3.8) is 0 Å². The number of allylic oxidation sites excluding steroid dienone is 2. The first-order valence-corrected chi connectivity index (χ1v) is 12.0. The fraction of sp³-hybridized carbons (Fsp3) is 0.917. The minimum Gasteiger partial charge on any atom is -0.388 e. The van der Waals surface area contributed by atoms with Crippen LogP contribution in [-0.4, -0.2) is 59.6 Å². The fourth-order valence-electron chi connectivity index (χ4n) is 3.72. The van der Waals surface area contributed by atoms with Gasteiger partial charge in [-0.25, -0.2) is 0 Å². The fourth-order valence-corrected chi connectivity index (χ4v) is 3.72. The first-order chi connectivity index (χ1) is 14.2. The lowest BCUT2D eigenvalue weighted by molar-refractivity contribution is -0.0813. The van der Waals surface area contributed by atoms with Crippen molar-refractivity contribution in [3.05, 3.63) is 12.2 Å². The molecule has 1 aliphatic heterocycles. The molecule has 3 N–H and O–H groups in total. The van der Waals surface area contributed by atoms with Crippen molar-refractivity contribution < 1.29 is 24.8 Å². The third-order valence-corrected chi connectivity index (χ3v) is 5.66. The second kappa shape index (κ2) is 18.3. The van der Waals surface area contributed by atoms with E-state index in [0.29, 0.717) is 6.61 Å². The van der Waals surface area contributed by atoms with Gasteiger partial charge in [0.25, 0.3) is 0 Å². The van der Waals surface area contributed by atoms with Gasteiger partial charge in [-0.3, -0.25) is 0 Å². The predicted octanol–water partition coefficient (Wildman–Crippen LogP) is 4.52. The molecule has 1 heterocycles. The zero-order valence-corrected chi connectivity index (χ0v) is 18.6. The second-order valence-electron chi connectivity index (χ2n) is 8.44. The molecule has 1 fully saturated rings. The molecule has 0 aliphatic carbocycles. The maximum atomic E-state index is 9.95. The van der Waals surface area contributed by atoms with E-state index >= 15 is 0 Å². The van der Waals surface area contributed by atoms with Crippen LogP contribution in [0.2, 0.25) is 0 Å². The molecule has 0 spiro atoms. The minimum absolute atomic E-state index is 0.0678. The van der Waals surface area contributed by atoms with Crippen molar-refractivity contribution >= 4 is 0 Å². The van der Waals surface area contributed by atoms with E-state index < -0.39 is 24.4 Å². The number of rotatable bonds is 19. The summed E-state index contributed by atoms with van der Waals surface area (Å²) >= 11 is 0. The number of ether oxygens (including phenoxy) is 2. The Morgan fingerprint density at radius 3 is 1.97 bits per heavy atom. The third-order valence-electron chi connectivity index (χ3n) is 5.66. The molecule has 0 bridgehead atoms. The average Bonchev–Trinajstić information content (AvgIpc) is 3.05. The Balaban J connectivity index is 1.78. The third kappa shape index (κ3) is 13.5. The Labute approximate surface area is 178 Å². The van der Waals surface area contributed by atoms with Gasteiger partial charge in [-0.1, -0.05) is 76.9 Å². The van der Waals surface area contributed by atoms with E-state index in [1.807, 2.05) is 0 Å². The van der Waals surface area contributed by atoms with Gasteiger partial charge in [0.15, 0.2) is 0 Å². The summed E-state index contributed by atoms with van der Waals surface area (Å²) in [4.78, 5) is 0. The molecule has 0 aromatic heterocycles. The van der Waals surface area contributed by atoms with Crippen molar-refractivity contribution in [1.29, 1.82) is 0 Å². The summed E-state index contributed by atoms with van der Waals surface area (Å²) in [6.07, 6.45) is 19.0. The molecule has 1 aliphatic rings. The van der Waals surface area contributed by atoms with Gasteiger partial charge >= 0.3 is 0 Å². The van der Waals surface area contributed by atoms with Gasteiger partial charge in [-0.15, -0.1) is 0 Å². The molecule has 5 heteroatoms. The monoisotopic (exact) mass is 414 g/mol. The topological polar surface area (TPSA) is 79.2 Å². The molecule has 0 aromatic rings. The van der Waals surface area contributed by atoms with Crippen LogP contribution in [0.15, 0.2) is 12.2 Å². The van der Waals surface area contributed by atoms with Crippen molar-refractivity contribution in [3.8, 4) is 0 Å². The van der Waals surface area contributed by atoms with Crippen molar-refractivity contribution in [2.45, 2.75) is 121 Å². The molecule has 172 valence electrons. The van der Waals surface area contributed by atoms with Crippen LogP contribution in [0.25, 0.3) is 0 Å². The van der Waals surface area contributed by atoms with Crippen LogP contribution in [-0.2, 0) is 9.47 Å². The highest BCUT2D eigenvalue weighted by molar-refractivity contribution is 4.87. The second-order valence-corrected chi connectivity index (χ2v) is 8.44. The lowest BCUT2D eigenvalue weighted by Crippen LogP contribution is -2.40. The Bertz CT molecular complexity index is 387. The molecule has 0 amide bonds. The Morgan fingerprint density at radius 2 is 1.41 bits per heavy atom. The van der Waals surface area contributed by atoms with E-state index in [0.717, 1.165) is 12.8 Å². The van der Waals surface area contributed by atoms with Crippen LogP contribution >= 0.6 is 0 Å². The highest BCUT2D eigenvalue weighted by Gasteiger charge is 2.39. The average molecular weight is 415 g/mol. The van der Waals surface area contributed by atoms with E-state index in [2.05, 4.69) is 19.1 Å². The molecular weight excluding hydrogens is 368 g/mol. The minimum atomic E-state index is -1.03. The van der Waals surface area contributed by atoms with E-state index in [-0.39, 0.29) is 13.2 Å². The molecule has 5 nitrogen and oxygen atoms in total. The van der Waals surface area contributed by atoms with Crippen LogP contribution < -0.4 is 0 Å². The van der Waals surface area contributed by atoms with Gasteiger partial charge in [0.1, 0.15) is 24.4 Å². The molecule has 0 saturated carbocycles. The summed E-state index contributed by atoms with van der Waals surface area (Å²) < 4.78 is 10.7. The molecule has 1 saturated heterocycles. The summed E-state index contributed by atoms with van der Waals surface area (Å²) in [5.74, 6) is 0. The van der Waals surface area contributed by atoms with E-state index in [1.165, 1.54) is 77.0 Å². The van der Waals surface area contributed by atoms with Crippen LogP contribution in [0, 0.1) is 0 Å². The quantitative estimate of drug-likeness (QED) is 0.214. The van der Waals surface area contributed by atoms with Crippen molar-refractivity contribution in [1.82, 2.24) is 0 Å². The standard InChI is InChI=1S/C24H46O5/c1-2-3-4-5-6-7-8-9-10-11-12-13-14-15-16-17-18-28-19-22(26)24-23(27)21(25)20-29-24/h8-9,21-27H,2-7,10-20H2,1H3/b9-8+/t21-,22+,23-,24-/m0/s1. The number of aliphatic hydroxyl groups is 3. The first kappa shape index (κ1) is 26.6.